The van der Waals surface area contributed by atoms with Crippen molar-refractivity contribution in [2.75, 3.05) is 13.1 Å². The molecular formula is C11H16F2N2O4. The summed E-state index contributed by atoms with van der Waals surface area (Å²) in [5.41, 5.74) is -0.765. The molecule has 0 aliphatic carbocycles. The molecule has 2 aliphatic rings. The lowest BCUT2D eigenvalue weighted by Crippen LogP contribution is -2.61. The monoisotopic (exact) mass is 278 g/mol. The Labute approximate surface area is 109 Å². The summed E-state index contributed by atoms with van der Waals surface area (Å²) in [7, 11) is 0. The average molecular weight is 278 g/mol. The summed E-state index contributed by atoms with van der Waals surface area (Å²) in [6.45, 7) is 4.07. The minimum atomic E-state index is -3.29. The SMILES string of the molecule is CC(C)(C)OC(=O)N1C[C@H]2NC(=O)O[C@H]2C(F)(F)C1. The van der Waals surface area contributed by atoms with Gasteiger partial charge < -0.3 is 14.8 Å². The molecule has 0 radical (unpaired) electrons. The van der Waals surface area contributed by atoms with E-state index >= 15 is 0 Å². The van der Waals surface area contributed by atoms with E-state index in [9.17, 15) is 18.4 Å². The number of likely N-dealkylation sites (tertiary alicyclic amines) is 1. The first-order valence-electron chi connectivity index (χ1n) is 5.91. The van der Waals surface area contributed by atoms with E-state index in [1.807, 2.05) is 0 Å². The molecule has 2 aliphatic heterocycles. The van der Waals surface area contributed by atoms with E-state index in [1.165, 1.54) is 0 Å². The van der Waals surface area contributed by atoms with Crippen LogP contribution in [0.3, 0.4) is 0 Å². The van der Waals surface area contributed by atoms with Crippen LogP contribution in [0.5, 0.6) is 0 Å². The van der Waals surface area contributed by atoms with Gasteiger partial charge in [-0.05, 0) is 20.8 Å². The second kappa shape index (κ2) is 4.21. The summed E-state index contributed by atoms with van der Waals surface area (Å²) < 4.78 is 37.2. The fourth-order valence-corrected chi connectivity index (χ4v) is 2.09. The fourth-order valence-electron chi connectivity index (χ4n) is 2.09. The van der Waals surface area contributed by atoms with Gasteiger partial charge in [-0.15, -0.1) is 0 Å². The van der Waals surface area contributed by atoms with Crippen molar-refractivity contribution in [3.8, 4) is 0 Å². The lowest BCUT2D eigenvalue weighted by atomic mass is 10.00. The van der Waals surface area contributed by atoms with E-state index < -0.39 is 42.4 Å². The number of carbonyl (C=O) groups excluding carboxylic acids is 2. The number of alkyl halides is 2. The second-order valence-corrected chi connectivity index (χ2v) is 5.70. The molecule has 2 atom stereocenters. The molecule has 2 rings (SSSR count). The molecule has 2 fully saturated rings. The highest BCUT2D eigenvalue weighted by Gasteiger charge is 2.57. The maximum Gasteiger partial charge on any atom is 0.410 e. The maximum absolute atomic E-state index is 13.8. The van der Waals surface area contributed by atoms with Crippen LogP contribution in [0.1, 0.15) is 20.8 Å². The van der Waals surface area contributed by atoms with Crippen LogP contribution >= 0.6 is 0 Å². The lowest BCUT2D eigenvalue weighted by molar-refractivity contribution is -0.141. The molecule has 0 aromatic carbocycles. The zero-order chi connectivity index (χ0) is 14.4. The van der Waals surface area contributed by atoms with Gasteiger partial charge >= 0.3 is 18.1 Å². The number of nitrogens with one attached hydrogen (secondary N) is 1. The van der Waals surface area contributed by atoms with Gasteiger partial charge in [-0.2, -0.15) is 0 Å². The Morgan fingerprint density at radius 1 is 1.53 bits per heavy atom. The van der Waals surface area contributed by atoms with Crippen LogP contribution in [0.25, 0.3) is 0 Å². The summed E-state index contributed by atoms with van der Waals surface area (Å²) in [6, 6.07) is -0.913. The van der Waals surface area contributed by atoms with E-state index in [0.29, 0.717) is 0 Å². The van der Waals surface area contributed by atoms with Crippen LogP contribution in [0.15, 0.2) is 0 Å². The topological polar surface area (TPSA) is 67.9 Å². The zero-order valence-corrected chi connectivity index (χ0v) is 10.9. The van der Waals surface area contributed by atoms with E-state index in [-0.39, 0.29) is 6.54 Å². The molecule has 2 heterocycles. The quantitative estimate of drug-likeness (QED) is 0.726. The number of fused-ring (bicyclic) bond motifs is 1. The molecule has 108 valence electrons. The van der Waals surface area contributed by atoms with Gasteiger partial charge in [0, 0.05) is 6.54 Å². The number of alkyl carbamates (subject to hydrolysis) is 1. The van der Waals surface area contributed by atoms with Gasteiger partial charge in [-0.25, -0.2) is 18.4 Å². The van der Waals surface area contributed by atoms with Gasteiger partial charge in [0.1, 0.15) is 5.60 Å². The molecular weight excluding hydrogens is 262 g/mol. The van der Waals surface area contributed by atoms with Gasteiger partial charge in [0.15, 0.2) is 6.10 Å². The molecule has 1 N–H and O–H groups in total. The lowest BCUT2D eigenvalue weighted by Gasteiger charge is -2.38. The molecule has 2 amide bonds. The van der Waals surface area contributed by atoms with Crippen LogP contribution in [-0.4, -0.2) is 53.8 Å². The minimum absolute atomic E-state index is 0.0547. The first-order chi connectivity index (χ1) is 8.58. The molecule has 2 saturated heterocycles. The third-order valence-corrected chi connectivity index (χ3v) is 2.79. The van der Waals surface area contributed by atoms with Gasteiger partial charge in [0.25, 0.3) is 0 Å². The van der Waals surface area contributed by atoms with Crippen LogP contribution < -0.4 is 5.32 Å². The van der Waals surface area contributed by atoms with Crippen LogP contribution in [0, 0.1) is 0 Å². The van der Waals surface area contributed by atoms with Gasteiger partial charge in [-0.3, -0.25) is 4.90 Å². The maximum atomic E-state index is 13.8. The zero-order valence-electron chi connectivity index (χ0n) is 10.9. The van der Waals surface area contributed by atoms with Crippen molar-refractivity contribution in [3.63, 3.8) is 0 Å². The van der Waals surface area contributed by atoms with Crippen molar-refractivity contribution in [2.24, 2.45) is 0 Å². The predicted octanol–water partition coefficient (Wildman–Crippen LogP) is 1.35. The second-order valence-electron chi connectivity index (χ2n) is 5.70. The number of hydrogen-bond acceptors (Lipinski definition) is 4. The van der Waals surface area contributed by atoms with Crippen molar-refractivity contribution in [1.82, 2.24) is 10.2 Å². The highest BCUT2D eigenvalue weighted by Crippen LogP contribution is 2.33. The highest BCUT2D eigenvalue weighted by molar-refractivity contribution is 5.72. The first-order valence-corrected chi connectivity index (χ1v) is 5.91. The Balaban J connectivity index is 2.09. The fraction of sp³-hybridized carbons (Fsp3) is 0.818. The van der Waals surface area contributed by atoms with Crippen LogP contribution in [0.2, 0.25) is 0 Å². The standard InChI is InChI=1S/C11H16F2N2O4/c1-10(2,3)19-9(17)15-4-6-7(11(12,13)5-15)18-8(16)14-6/h6-7H,4-5H2,1-3H3,(H,14,16)/t6-,7-/m1/s1. The van der Waals surface area contributed by atoms with E-state index in [2.05, 4.69) is 10.1 Å². The molecule has 0 saturated carbocycles. The molecule has 0 aromatic heterocycles. The number of ether oxygens (including phenoxy) is 2. The molecule has 0 unspecified atom stereocenters. The molecule has 8 heteroatoms. The smallest absolute Gasteiger partial charge is 0.410 e. The molecule has 0 aromatic rings. The van der Waals surface area contributed by atoms with Crippen molar-refractivity contribution >= 4 is 12.2 Å². The first kappa shape index (κ1) is 13.8. The van der Waals surface area contributed by atoms with Gasteiger partial charge in [0.05, 0.1) is 12.6 Å². The molecule has 0 bridgehead atoms. The summed E-state index contributed by atoms with van der Waals surface area (Å²) in [6.07, 6.45) is -3.24. The Morgan fingerprint density at radius 3 is 2.74 bits per heavy atom. The number of hydrogen-bond donors (Lipinski definition) is 1. The predicted molar refractivity (Wildman–Crippen MR) is 59.9 cm³/mol. The third kappa shape index (κ3) is 2.87. The average Bonchev–Trinajstić information content (AvgIpc) is 2.56. The number of carbonyl (C=O) groups is 2. The Bertz CT molecular complexity index is 408. The van der Waals surface area contributed by atoms with Gasteiger partial charge in [-0.1, -0.05) is 0 Å². The number of amides is 2. The molecule has 6 nitrogen and oxygen atoms in total. The van der Waals surface area contributed by atoms with E-state index in [4.69, 9.17) is 4.74 Å². The number of rotatable bonds is 0. The summed E-state index contributed by atoms with van der Waals surface area (Å²) in [5, 5.41) is 2.27. The third-order valence-electron chi connectivity index (χ3n) is 2.79. The van der Waals surface area contributed by atoms with Crippen LogP contribution in [0.4, 0.5) is 18.4 Å². The number of nitrogens with zero attached hydrogens (tertiary/aromatic N) is 1. The summed E-state index contributed by atoms with van der Waals surface area (Å²) in [5.74, 6) is -3.29. The Morgan fingerprint density at radius 2 is 2.16 bits per heavy atom. The van der Waals surface area contributed by atoms with Crippen molar-refractivity contribution in [1.29, 1.82) is 0 Å². The summed E-state index contributed by atoms with van der Waals surface area (Å²) >= 11 is 0. The Hall–Kier alpha value is -1.60. The minimum Gasteiger partial charge on any atom is -0.444 e. The highest BCUT2D eigenvalue weighted by atomic mass is 19.3. The normalized spacial score (nSPS) is 29.3. The van der Waals surface area contributed by atoms with Crippen molar-refractivity contribution in [2.45, 2.75) is 44.4 Å². The largest absolute Gasteiger partial charge is 0.444 e. The van der Waals surface area contributed by atoms with E-state index in [0.717, 1.165) is 4.90 Å². The van der Waals surface area contributed by atoms with Gasteiger partial charge in [0.2, 0.25) is 0 Å². The van der Waals surface area contributed by atoms with E-state index in [1.54, 1.807) is 20.8 Å². The summed E-state index contributed by atoms with van der Waals surface area (Å²) in [4.78, 5) is 23.7. The van der Waals surface area contributed by atoms with Crippen molar-refractivity contribution < 1.29 is 27.8 Å². The van der Waals surface area contributed by atoms with Crippen molar-refractivity contribution in [3.05, 3.63) is 0 Å². The molecule has 19 heavy (non-hydrogen) atoms. The Kier molecular flexibility index (Phi) is 3.06. The molecule has 0 spiro atoms. The number of halogens is 2. The van der Waals surface area contributed by atoms with Crippen LogP contribution in [-0.2, 0) is 9.47 Å². The number of piperidine rings is 1.